The quantitative estimate of drug-likeness (QED) is 0.671. The number of hydrogen-bond donors (Lipinski definition) is 2. The predicted molar refractivity (Wildman–Crippen MR) is 85.5 cm³/mol. The first-order valence-electron chi connectivity index (χ1n) is 7.13. The Balaban J connectivity index is 3.22. The van der Waals surface area contributed by atoms with Gasteiger partial charge < -0.3 is 14.6 Å². The normalized spacial score (nSPS) is 12.7. The van der Waals surface area contributed by atoms with Crippen LogP contribution in [0.1, 0.15) is 30.6 Å². The van der Waals surface area contributed by atoms with Gasteiger partial charge in [-0.2, -0.15) is 4.72 Å². The topological polar surface area (TPSA) is 119 Å². The third-order valence-electron chi connectivity index (χ3n) is 3.18. The summed E-state index contributed by atoms with van der Waals surface area (Å²) < 4.78 is 36.7. The number of carbonyl (C=O) groups is 2. The molecular weight excluding hydrogens is 338 g/mol. The molecule has 1 rings (SSSR count). The number of carboxylic acids is 1. The van der Waals surface area contributed by atoms with E-state index in [9.17, 15) is 23.1 Å². The van der Waals surface area contributed by atoms with Gasteiger partial charge in [-0.15, -0.1) is 0 Å². The Kier molecular flexibility index (Phi) is 6.73. The number of carbonyl (C=O) groups excluding carboxylic acids is 1. The second-order valence-corrected chi connectivity index (χ2v) is 7.18. The molecule has 0 bridgehead atoms. The van der Waals surface area contributed by atoms with Crippen LogP contribution in [0.5, 0.6) is 5.75 Å². The minimum atomic E-state index is -4.15. The molecule has 9 heteroatoms. The number of sulfonamides is 1. The Hall–Kier alpha value is -2.13. The first-order valence-corrected chi connectivity index (χ1v) is 8.62. The molecule has 0 aliphatic heterocycles. The fraction of sp³-hybridized carbons (Fsp3) is 0.467. The zero-order valence-electron chi connectivity index (χ0n) is 13.9. The van der Waals surface area contributed by atoms with E-state index >= 15 is 0 Å². The van der Waals surface area contributed by atoms with Crippen molar-refractivity contribution in [1.82, 2.24) is 4.72 Å². The summed E-state index contributed by atoms with van der Waals surface area (Å²) in [5, 5.41) is 9.19. The molecule has 0 fully saturated rings. The molecule has 0 radical (unpaired) electrons. The molecule has 0 heterocycles. The molecule has 0 aromatic heterocycles. The van der Waals surface area contributed by atoms with Gasteiger partial charge >= 0.3 is 11.9 Å². The number of aliphatic carboxylic acids is 1. The van der Waals surface area contributed by atoms with Crippen LogP contribution in [0.4, 0.5) is 0 Å². The predicted octanol–water partition coefficient (Wildman–Crippen LogP) is 1.26. The van der Waals surface area contributed by atoms with E-state index in [0.29, 0.717) is 0 Å². The van der Waals surface area contributed by atoms with E-state index in [0.717, 1.165) is 0 Å². The largest absolute Gasteiger partial charge is 0.495 e. The van der Waals surface area contributed by atoms with E-state index in [2.05, 4.69) is 9.46 Å². The molecule has 0 spiro atoms. The zero-order chi connectivity index (χ0) is 18.5. The molecule has 0 aliphatic rings. The molecular formula is C15H21NO7S. The molecule has 2 N–H and O–H groups in total. The highest BCUT2D eigenvalue weighted by Gasteiger charge is 2.28. The summed E-state index contributed by atoms with van der Waals surface area (Å²) in [6.45, 7) is 3.58. The fourth-order valence-corrected chi connectivity index (χ4v) is 3.41. The smallest absolute Gasteiger partial charge is 0.337 e. The number of ether oxygens (including phenoxy) is 2. The van der Waals surface area contributed by atoms with Gasteiger partial charge in [0.05, 0.1) is 19.8 Å². The highest BCUT2D eigenvalue weighted by Crippen LogP contribution is 2.26. The number of benzene rings is 1. The molecule has 0 amide bonds. The molecule has 0 saturated carbocycles. The van der Waals surface area contributed by atoms with E-state index in [1.807, 2.05) is 0 Å². The minimum absolute atomic E-state index is 0.0163. The van der Waals surface area contributed by atoms with Crippen molar-refractivity contribution in [3.63, 3.8) is 0 Å². The summed E-state index contributed by atoms with van der Waals surface area (Å²) in [5.74, 6) is -2.01. The molecule has 0 aliphatic carbocycles. The molecule has 1 atom stereocenters. The van der Waals surface area contributed by atoms with Gasteiger partial charge in [-0.1, -0.05) is 13.8 Å². The van der Waals surface area contributed by atoms with Crippen LogP contribution in [0.3, 0.4) is 0 Å². The maximum Gasteiger partial charge on any atom is 0.337 e. The van der Waals surface area contributed by atoms with Crippen molar-refractivity contribution in [3.8, 4) is 5.75 Å². The number of carboxylic acid groups (broad SMARTS) is 1. The van der Waals surface area contributed by atoms with Crippen LogP contribution >= 0.6 is 0 Å². The summed E-state index contributed by atoms with van der Waals surface area (Å²) in [5.41, 5.74) is 0.116. The standard InChI is InChI=1S/C15H21NO7S/c1-9(2)7-11(14(17)18)16-24(20,21)13-6-5-10(15(19)23-4)8-12(13)22-3/h5-6,8-9,11,16H,7H2,1-4H3,(H,17,18)/t11-/m1/s1. The summed E-state index contributed by atoms with van der Waals surface area (Å²) in [4.78, 5) is 22.5. The lowest BCUT2D eigenvalue weighted by molar-refractivity contribution is -0.139. The van der Waals surface area contributed by atoms with E-state index in [4.69, 9.17) is 4.74 Å². The van der Waals surface area contributed by atoms with Gasteiger partial charge in [0.25, 0.3) is 0 Å². The first kappa shape index (κ1) is 19.9. The summed E-state index contributed by atoms with van der Waals surface area (Å²) >= 11 is 0. The maximum atomic E-state index is 12.5. The van der Waals surface area contributed by atoms with Crippen molar-refractivity contribution < 1.29 is 32.6 Å². The van der Waals surface area contributed by atoms with Crippen molar-refractivity contribution in [2.75, 3.05) is 14.2 Å². The molecule has 0 unspecified atom stereocenters. The minimum Gasteiger partial charge on any atom is -0.495 e. The van der Waals surface area contributed by atoms with Gasteiger partial charge in [0.2, 0.25) is 10.0 Å². The van der Waals surface area contributed by atoms with Crippen LogP contribution in [0.15, 0.2) is 23.1 Å². The number of esters is 1. The van der Waals surface area contributed by atoms with Gasteiger partial charge in [-0.3, -0.25) is 4.79 Å². The maximum absolute atomic E-state index is 12.5. The van der Waals surface area contributed by atoms with Gasteiger partial charge in [0.1, 0.15) is 16.7 Å². The van der Waals surface area contributed by atoms with Crippen LogP contribution in [0, 0.1) is 5.92 Å². The van der Waals surface area contributed by atoms with E-state index in [1.165, 1.54) is 32.4 Å². The number of methoxy groups -OCH3 is 2. The second kappa shape index (κ2) is 8.11. The molecule has 0 saturated heterocycles. The van der Waals surface area contributed by atoms with Crippen molar-refractivity contribution >= 4 is 22.0 Å². The molecule has 24 heavy (non-hydrogen) atoms. The third kappa shape index (κ3) is 4.93. The number of rotatable bonds is 8. The van der Waals surface area contributed by atoms with Crippen molar-refractivity contribution in [2.24, 2.45) is 5.92 Å². The van der Waals surface area contributed by atoms with E-state index < -0.39 is 28.0 Å². The number of nitrogens with one attached hydrogen (secondary N) is 1. The lowest BCUT2D eigenvalue weighted by atomic mass is 10.1. The summed E-state index contributed by atoms with van der Waals surface area (Å²) in [6, 6.07) is 2.39. The van der Waals surface area contributed by atoms with Crippen LogP contribution < -0.4 is 9.46 Å². The molecule has 8 nitrogen and oxygen atoms in total. The average molecular weight is 359 g/mol. The lowest BCUT2D eigenvalue weighted by Crippen LogP contribution is -2.41. The van der Waals surface area contributed by atoms with Crippen molar-refractivity contribution in [2.45, 2.75) is 31.2 Å². The Morgan fingerprint density at radius 1 is 1.25 bits per heavy atom. The molecule has 1 aromatic rings. The Morgan fingerprint density at radius 2 is 1.88 bits per heavy atom. The first-order chi connectivity index (χ1) is 11.1. The van der Waals surface area contributed by atoms with Crippen LogP contribution in [0.2, 0.25) is 0 Å². The van der Waals surface area contributed by atoms with Crippen LogP contribution in [-0.4, -0.2) is 45.7 Å². The van der Waals surface area contributed by atoms with Gasteiger partial charge in [0.15, 0.2) is 0 Å². The highest BCUT2D eigenvalue weighted by atomic mass is 32.2. The van der Waals surface area contributed by atoms with Gasteiger partial charge in [-0.25, -0.2) is 13.2 Å². The number of hydrogen-bond acceptors (Lipinski definition) is 6. The third-order valence-corrected chi connectivity index (χ3v) is 4.69. The van der Waals surface area contributed by atoms with Crippen LogP contribution in [-0.2, 0) is 19.6 Å². The average Bonchev–Trinajstić information content (AvgIpc) is 2.51. The zero-order valence-corrected chi connectivity index (χ0v) is 14.7. The van der Waals surface area contributed by atoms with E-state index in [1.54, 1.807) is 13.8 Å². The Morgan fingerprint density at radius 3 is 2.33 bits per heavy atom. The Labute approximate surface area is 140 Å². The lowest BCUT2D eigenvalue weighted by Gasteiger charge is -2.18. The van der Waals surface area contributed by atoms with Crippen molar-refractivity contribution in [1.29, 1.82) is 0 Å². The van der Waals surface area contributed by atoms with E-state index in [-0.39, 0.29) is 28.5 Å². The SMILES string of the molecule is COC(=O)c1ccc(S(=O)(=O)N[C@H](CC(C)C)C(=O)O)c(OC)c1. The molecule has 134 valence electrons. The van der Waals surface area contributed by atoms with Gasteiger partial charge in [-0.05, 0) is 30.5 Å². The highest BCUT2D eigenvalue weighted by molar-refractivity contribution is 7.89. The monoisotopic (exact) mass is 359 g/mol. The summed E-state index contributed by atoms with van der Waals surface area (Å²) in [7, 11) is -1.70. The van der Waals surface area contributed by atoms with Gasteiger partial charge in [0, 0.05) is 0 Å². The fourth-order valence-electron chi connectivity index (χ4n) is 2.06. The van der Waals surface area contributed by atoms with Crippen LogP contribution in [0.25, 0.3) is 0 Å². The Bertz CT molecular complexity index is 713. The summed E-state index contributed by atoms with van der Waals surface area (Å²) in [6.07, 6.45) is 0.136. The molecule has 1 aromatic carbocycles. The van der Waals surface area contributed by atoms with Crippen molar-refractivity contribution in [3.05, 3.63) is 23.8 Å². The second-order valence-electron chi connectivity index (χ2n) is 5.50.